The Bertz CT molecular complexity index is 1460. The Labute approximate surface area is 240 Å². The Morgan fingerprint density at radius 1 is 0.878 bits per heavy atom. The Balaban J connectivity index is 1.68. The maximum atomic E-state index is 14.0. The number of carboxylic acids is 1. The molecule has 1 aliphatic rings. The smallest absolute Gasteiger partial charge is 0.319 e. The first-order chi connectivity index (χ1) is 19.3. The number of anilines is 4. The molecule has 0 fully saturated rings. The highest BCUT2D eigenvalue weighted by Crippen LogP contribution is 2.37. The number of urea groups is 1. The molecule has 9 heteroatoms. The number of hydrogen-bond acceptors (Lipinski definition) is 5. The van der Waals surface area contributed by atoms with Crippen molar-refractivity contribution >= 4 is 46.4 Å². The molecule has 3 amide bonds. The van der Waals surface area contributed by atoms with Crippen molar-refractivity contribution in [3.8, 4) is 0 Å². The Morgan fingerprint density at radius 2 is 1.51 bits per heavy atom. The van der Waals surface area contributed by atoms with E-state index in [1.165, 1.54) is 4.90 Å². The Hall–Kier alpha value is -4.66. The second-order valence-electron chi connectivity index (χ2n) is 11.7. The fraction of sp³-hybridized carbons (Fsp3) is 0.312. The van der Waals surface area contributed by atoms with E-state index in [1.54, 1.807) is 44.2 Å². The molecule has 9 nitrogen and oxygen atoms in total. The lowest BCUT2D eigenvalue weighted by Gasteiger charge is -2.28. The molecule has 214 valence electrons. The number of carbonyl (C=O) groups is 4. The highest BCUT2D eigenvalue weighted by atomic mass is 16.4. The molecule has 41 heavy (non-hydrogen) atoms. The SMILES string of the molecule is CC(C)(C)C(=O)CN1C(=O)[C@H](NC(=O)Nc2cccc(C(C)(C)C(=O)O)c2)CN(c2ccccc2)c2ccccc21. The molecular weight excluding hydrogens is 520 g/mol. The highest BCUT2D eigenvalue weighted by Gasteiger charge is 2.37. The lowest BCUT2D eigenvalue weighted by atomic mass is 9.84. The van der Waals surface area contributed by atoms with E-state index in [1.807, 2.05) is 74.2 Å². The van der Waals surface area contributed by atoms with Gasteiger partial charge < -0.3 is 25.5 Å². The van der Waals surface area contributed by atoms with Crippen LogP contribution in [-0.4, -0.2) is 47.9 Å². The van der Waals surface area contributed by atoms with Gasteiger partial charge in [0.1, 0.15) is 6.04 Å². The standard InChI is InChI=1S/C32H36N4O5/c1-31(2,3)27(37)20-36-26-17-10-9-16-25(26)35(23-14-7-6-8-15-23)19-24(28(36)38)34-30(41)33-22-13-11-12-21(18-22)32(4,5)29(39)40/h6-18,24H,19-20H2,1-5H3,(H,39,40)(H2,33,34,41)/t24-/m1/s1. The van der Waals surface area contributed by atoms with Crippen molar-refractivity contribution in [2.24, 2.45) is 5.41 Å². The molecule has 0 unspecified atom stereocenters. The first kappa shape index (κ1) is 29.3. The van der Waals surface area contributed by atoms with Gasteiger partial charge in [-0.25, -0.2) is 4.79 Å². The number of para-hydroxylation sites is 3. The van der Waals surface area contributed by atoms with Crippen LogP contribution in [0.25, 0.3) is 0 Å². The van der Waals surface area contributed by atoms with Crippen LogP contribution in [0, 0.1) is 5.41 Å². The van der Waals surface area contributed by atoms with Crippen molar-refractivity contribution in [2.45, 2.75) is 46.1 Å². The van der Waals surface area contributed by atoms with Crippen molar-refractivity contribution in [1.29, 1.82) is 0 Å². The molecule has 0 spiro atoms. The molecule has 0 radical (unpaired) electrons. The molecule has 0 aromatic heterocycles. The summed E-state index contributed by atoms with van der Waals surface area (Å²) in [6, 6.07) is 21.9. The lowest BCUT2D eigenvalue weighted by molar-refractivity contribution is -0.142. The monoisotopic (exact) mass is 556 g/mol. The predicted molar refractivity (Wildman–Crippen MR) is 160 cm³/mol. The van der Waals surface area contributed by atoms with E-state index in [9.17, 15) is 24.3 Å². The number of fused-ring (bicyclic) bond motifs is 1. The van der Waals surface area contributed by atoms with Crippen molar-refractivity contribution in [1.82, 2.24) is 5.32 Å². The van der Waals surface area contributed by atoms with Crippen LogP contribution in [0.5, 0.6) is 0 Å². The molecule has 1 heterocycles. The number of carboxylic acid groups (broad SMARTS) is 1. The van der Waals surface area contributed by atoms with E-state index >= 15 is 0 Å². The number of benzene rings is 3. The largest absolute Gasteiger partial charge is 0.481 e. The Kier molecular flexibility index (Phi) is 8.19. The van der Waals surface area contributed by atoms with Crippen molar-refractivity contribution < 1.29 is 24.3 Å². The average molecular weight is 557 g/mol. The minimum absolute atomic E-state index is 0.116. The number of carbonyl (C=O) groups excluding carboxylic acids is 3. The summed E-state index contributed by atoms with van der Waals surface area (Å²) in [5.74, 6) is -1.52. The number of Topliss-reactive ketones (excluding diaryl/α,β-unsaturated/α-hetero) is 1. The van der Waals surface area contributed by atoms with Crippen LogP contribution in [0.1, 0.15) is 40.2 Å². The topological polar surface area (TPSA) is 119 Å². The maximum absolute atomic E-state index is 14.0. The maximum Gasteiger partial charge on any atom is 0.319 e. The fourth-order valence-corrected chi connectivity index (χ4v) is 4.52. The number of nitrogens with one attached hydrogen (secondary N) is 2. The molecule has 0 saturated carbocycles. The summed E-state index contributed by atoms with van der Waals surface area (Å²) >= 11 is 0. The minimum Gasteiger partial charge on any atom is -0.481 e. The van der Waals surface area contributed by atoms with Crippen LogP contribution >= 0.6 is 0 Å². The van der Waals surface area contributed by atoms with Crippen molar-refractivity contribution in [3.05, 3.63) is 84.4 Å². The van der Waals surface area contributed by atoms with Gasteiger partial charge in [0, 0.05) is 16.8 Å². The summed E-state index contributed by atoms with van der Waals surface area (Å²) in [5.41, 5.74) is 1.22. The number of hydrogen-bond donors (Lipinski definition) is 3. The average Bonchev–Trinajstić information content (AvgIpc) is 3.03. The van der Waals surface area contributed by atoms with E-state index in [4.69, 9.17) is 0 Å². The molecule has 0 saturated heterocycles. The highest BCUT2D eigenvalue weighted by molar-refractivity contribution is 6.08. The van der Waals surface area contributed by atoms with Crippen LogP contribution in [0.4, 0.5) is 27.5 Å². The molecule has 1 atom stereocenters. The van der Waals surface area contributed by atoms with E-state index in [0.29, 0.717) is 16.9 Å². The van der Waals surface area contributed by atoms with Gasteiger partial charge >= 0.3 is 12.0 Å². The molecular formula is C32H36N4O5. The number of rotatable bonds is 7. The summed E-state index contributed by atoms with van der Waals surface area (Å²) < 4.78 is 0. The van der Waals surface area contributed by atoms with Crippen LogP contribution < -0.4 is 20.4 Å². The third kappa shape index (κ3) is 6.40. The van der Waals surface area contributed by atoms with Gasteiger partial charge in [-0.3, -0.25) is 14.4 Å². The molecule has 3 N–H and O–H groups in total. The molecule has 3 aromatic rings. The van der Waals surface area contributed by atoms with Crippen LogP contribution in [0.3, 0.4) is 0 Å². The zero-order valence-corrected chi connectivity index (χ0v) is 24.0. The second-order valence-corrected chi connectivity index (χ2v) is 11.7. The molecule has 1 aliphatic heterocycles. The summed E-state index contributed by atoms with van der Waals surface area (Å²) in [4.78, 5) is 55.5. The number of nitrogens with zero attached hydrogens (tertiary/aromatic N) is 2. The Morgan fingerprint density at radius 3 is 2.15 bits per heavy atom. The fourth-order valence-electron chi connectivity index (χ4n) is 4.52. The summed E-state index contributed by atoms with van der Waals surface area (Å²) in [6.07, 6.45) is 0. The van der Waals surface area contributed by atoms with E-state index in [-0.39, 0.29) is 18.9 Å². The summed E-state index contributed by atoms with van der Waals surface area (Å²) in [7, 11) is 0. The quantitative estimate of drug-likeness (QED) is 0.362. The van der Waals surface area contributed by atoms with Gasteiger partial charge in [0.25, 0.3) is 5.91 Å². The normalized spacial score (nSPS) is 15.5. The zero-order chi connectivity index (χ0) is 29.9. The second kappa shape index (κ2) is 11.4. The van der Waals surface area contributed by atoms with Gasteiger partial charge in [0.15, 0.2) is 5.78 Å². The van der Waals surface area contributed by atoms with E-state index in [2.05, 4.69) is 10.6 Å². The van der Waals surface area contributed by atoms with E-state index < -0.39 is 34.8 Å². The number of aliphatic carboxylic acids is 1. The first-order valence-electron chi connectivity index (χ1n) is 13.5. The van der Waals surface area contributed by atoms with Crippen LogP contribution in [0.2, 0.25) is 0 Å². The first-order valence-corrected chi connectivity index (χ1v) is 13.5. The predicted octanol–water partition coefficient (Wildman–Crippen LogP) is 5.34. The van der Waals surface area contributed by atoms with Crippen LogP contribution in [0.15, 0.2) is 78.9 Å². The summed E-state index contributed by atoms with van der Waals surface area (Å²) in [6.45, 7) is 8.58. The number of ketones is 1. The summed E-state index contributed by atoms with van der Waals surface area (Å²) in [5, 5.41) is 15.1. The van der Waals surface area contributed by atoms with Crippen LogP contribution in [-0.2, 0) is 19.8 Å². The third-order valence-corrected chi connectivity index (χ3v) is 7.28. The zero-order valence-electron chi connectivity index (χ0n) is 24.0. The molecule has 0 aliphatic carbocycles. The van der Waals surface area contributed by atoms with Gasteiger partial charge in [-0.2, -0.15) is 0 Å². The van der Waals surface area contributed by atoms with E-state index in [0.717, 1.165) is 11.4 Å². The minimum atomic E-state index is -1.16. The van der Waals surface area contributed by atoms with Gasteiger partial charge in [-0.05, 0) is 55.8 Å². The van der Waals surface area contributed by atoms with Crippen molar-refractivity contribution in [2.75, 3.05) is 28.2 Å². The third-order valence-electron chi connectivity index (χ3n) is 7.28. The van der Waals surface area contributed by atoms with Crippen molar-refractivity contribution in [3.63, 3.8) is 0 Å². The van der Waals surface area contributed by atoms with Gasteiger partial charge in [0.2, 0.25) is 0 Å². The molecule has 3 aromatic carbocycles. The molecule has 4 rings (SSSR count). The van der Waals surface area contributed by atoms with Gasteiger partial charge in [-0.15, -0.1) is 0 Å². The lowest BCUT2D eigenvalue weighted by Crippen LogP contribution is -2.54. The number of amides is 3. The van der Waals surface area contributed by atoms with Gasteiger partial charge in [0.05, 0.1) is 29.9 Å². The molecule has 0 bridgehead atoms. The van der Waals surface area contributed by atoms with Gasteiger partial charge in [-0.1, -0.05) is 63.2 Å².